The molecule has 0 fully saturated rings. The second-order valence-electron chi connectivity index (χ2n) is 1.95. The second-order valence-corrected chi connectivity index (χ2v) is 1.95. The Labute approximate surface area is 76.7 Å². The zero-order chi connectivity index (χ0) is 10.3. The first-order valence-corrected chi connectivity index (χ1v) is 3.95. The molecule has 1 rings (SSSR count). The molecule has 0 bridgehead atoms. The molecule has 0 unspecified atom stereocenters. The van der Waals surface area contributed by atoms with Crippen molar-refractivity contribution in [2.24, 2.45) is 5.84 Å². The number of hydrogen-bond acceptors (Lipinski definition) is 4. The van der Waals surface area contributed by atoms with Crippen molar-refractivity contribution >= 4 is 11.4 Å². The van der Waals surface area contributed by atoms with Gasteiger partial charge in [0, 0.05) is 12.1 Å². The van der Waals surface area contributed by atoms with Crippen LogP contribution in [0, 0.1) is 10.1 Å². The molecule has 0 saturated heterocycles. The van der Waals surface area contributed by atoms with Crippen LogP contribution in [0.5, 0.6) is 0 Å². The van der Waals surface area contributed by atoms with Crippen LogP contribution in [0.1, 0.15) is 13.8 Å². The van der Waals surface area contributed by atoms with Crippen molar-refractivity contribution in [1.29, 1.82) is 0 Å². The molecular formula is C8H13N3O2. The molecule has 0 aliphatic carbocycles. The van der Waals surface area contributed by atoms with E-state index in [0.717, 1.165) is 0 Å². The maximum atomic E-state index is 10.2. The van der Waals surface area contributed by atoms with Crippen molar-refractivity contribution in [3.8, 4) is 0 Å². The summed E-state index contributed by atoms with van der Waals surface area (Å²) in [5, 5.41) is 10.2. The standard InChI is InChI=1S/C6H7N3O2.C2H6/c7-8-5-2-1-3-6(4-5)9(10)11;1-2/h1-4,8H,7H2;1-2H3. The molecule has 0 aliphatic heterocycles. The number of nitro benzene ring substituents is 1. The van der Waals surface area contributed by atoms with Crippen LogP contribution in [-0.4, -0.2) is 4.92 Å². The molecule has 5 heteroatoms. The van der Waals surface area contributed by atoms with Crippen molar-refractivity contribution in [3.05, 3.63) is 34.4 Å². The third kappa shape index (κ3) is 3.53. The van der Waals surface area contributed by atoms with Gasteiger partial charge in [0.05, 0.1) is 10.6 Å². The topological polar surface area (TPSA) is 81.2 Å². The van der Waals surface area contributed by atoms with Gasteiger partial charge in [-0.25, -0.2) is 0 Å². The van der Waals surface area contributed by atoms with E-state index in [0.29, 0.717) is 5.69 Å². The van der Waals surface area contributed by atoms with E-state index in [1.807, 2.05) is 13.8 Å². The summed E-state index contributed by atoms with van der Waals surface area (Å²) in [5.74, 6) is 5.05. The van der Waals surface area contributed by atoms with E-state index in [1.54, 1.807) is 12.1 Å². The quantitative estimate of drug-likeness (QED) is 0.417. The molecule has 3 N–H and O–H groups in total. The van der Waals surface area contributed by atoms with Crippen LogP contribution >= 0.6 is 0 Å². The van der Waals surface area contributed by atoms with Gasteiger partial charge in [0.25, 0.3) is 5.69 Å². The van der Waals surface area contributed by atoms with Crippen LogP contribution in [-0.2, 0) is 0 Å². The lowest BCUT2D eigenvalue weighted by molar-refractivity contribution is -0.384. The Kier molecular flexibility index (Phi) is 5.22. The fourth-order valence-corrected chi connectivity index (χ4v) is 0.709. The van der Waals surface area contributed by atoms with Crippen LogP contribution in [0.3, 0.4) is 0 Å². The Morgan fingerprint density at radius 2 is 2.08 bits per heavy atom. The Balaban J connectivity index is 0.000000671. The molecule has 0 spiro atoms. The maximum absolute atomic E-state index is 10.2. The highest BCUT2D eigenvalue weighted by molar-refractivity contribution is 5.49. The minimum atomic E-state index is -0.471. The molecule has 0 radical (unpaired) electrons. The highest BCUT2D eigenvalue weighted by atomic mass is 16.6. The average Bonchev–Trinajstić information content (AvgIpc) is 2.21. The van der Waals surface area contributed by atoms with Gasteiger partial charge in [-0.05, 0) is 6.07 Å². The summed E-state index contributed by atoms with van der Waals surface area (Å²) in [4.78, 5) is 9.73. The third-order valence-corrected chi connectivity index (χ3v) is 1.22. The largest absolute Gasteiger partial charge is 0.324 e. The Morgan fingerprint density at radius 3 is 2.54 bits per heavy atom. The highest BCUT2D eigenvalue weighted by Gasteiger charge is 2.03. The van der Waals surface area contributed by atoms with Crippen LogP contribution < -0.4 is 11.3 Å². The van der Waals surface area contributed by atoms with Crippen LogP contribution in [0.15, 0.2) is 24.3 Å². The van der Waals surface area contributed by atoms with Crippen LogP contribution in [0.2, 0.25) is 0 Å². The first-order valence-electron chi connectivity index (χ1n) is 3.95. The lowest BCUT2D eigenvalue weighted by Crippen LogP contribution is -2.06. The van der Waals surface area contributed by atoms with Crippen molar-refractivity contribution in [2.45, 2.75) is 13.8 Å². The second kappa shape index (κ2) is 5.96. The van der Waals surface area contributed by atoms with Gasteiger partial charge in [-0.3, -0.25) is 16.0 Å². The normalized spacial score (nSPS) is 8.23. The van der Waals surface area contributed by atoms with Gasteiger partial charge in [0.15, 0.2) is 0 Å². The number of nitro groups is 1. The summed E-state index contributed by atoms with van der Waals surface area (Å²) < 4.78 is 0. The molecule has 1 aromatic rings. The van der Waals surface area contributed by atoms with E-state index in [2.05, 4.69) is 5.43 Å². The molecular weight excluding hydrogens is 170 g/mol. The molecule has 5 nitrogen and oxygen atoms in total. The summed E-state index contributed by atoms with van der Waals surface area (Å²) in [7, 11) is 0. The first kappa shape index (κ1) is 11.4. The number of hydrogen-bond donors (Lipinski definition) is 2. The molecule has 72 valence electrons. The number of nitrogens with zero attached hydrogens (tertiary/aromatic N) is 1. The number of nitrogens with one attached hydrogen (secondary N) is 1. The number of rotatable bonds is 2. The van der Waals surface area contributed by atoms with Gasteiger partial charge in [-0.2, -0.15) is 0 Å². The van der Waals surface area contributed by atoms with E-state index in [1.165, 1.54) is 12.1 Å². The zero-order valence-corrected chi connectivity index (χ0v) is 7.65. The zero-order valence-electron chi connectivity index (χ0n) is 7.65. The first-order chi connectivity index (χ1) is 6.24. The lowest BCUT2D eigenvalue weighted by Gasteiger charge is -1.96. The molecule has 1 aromatic carbocycles. The van der Waals surface area contributed by atoms with Gasteiger partial charge in [0.1, 0.15) is 0 Å². The van der Waals surface area contributed by atoms with E-state index >= 15 is 0 Å². The molecule has 0 aliphatic rings. The third-order valence-electron chi connectivity index (χ3n) is 1.22. The number of nitrogens with two attached hydrogens (primary N) is 1. The van der Waals surface area contributed by atoms with E-state index in [-0.39, 0.29) is 5.69 Å². The average molecular weight is 183 g/mol. The predicted molar refractivity (Wildman–Crippen MR) is 52.3 cm³/mol. The number of hydrazine groups is 1. The summed E-state index contributed by atoms with van der Waals surface area (Å²) in [6, 6.07) is 5.97. The Hall–Kier alpha value is -1.62. The van der Waals surface area contributed by atoms with Crippen molar-refractivity contribution in [3.63, 3.8) is 0 Å². The minimum Gasteiger partial charge on any atom is -0.324 e. The van der Waals surface area contributed by atoms with E-state index in [4.69, 9.17) is 5.84 Å². The van der Waals surface area contributed by atoms with Crippen LogP contribution in [0.4, 0.5) is 11.4 Å². The number of anilines is 1. The summed E-state index contributed by atoms with van der Waals surface area (Å²) in [5.41, 5.74) is 2.87. The van der Waals surface area contributed by atoms with E-state index < -0.39 is 4.92 Å². The smallest absolute Gasteiger partial charge is 0.271 e. The monoisotopic (exact) mass is 183 g/mol. The maximum Gasteiger partial charge on any atom is 0.271 e. The SMILES string of the molecule is CC.NNc1cccc([N+](=O)[O-])c1. The molecule has 0 aromatic heterocycles. The van der Waals surface area contributed by atoms with Gasteiger partial charge in [-0.15, -0.1) is 0 Å². The van der Waals surface area contributed by atoms with Crippen LogP contribution in [0.25, 0.3) is 0 Å². The molecule has 0 amide bonds. The van der Waals surface area contributed by atoms with Gasteiger partial charge in [-0.1, -0.05) is 19.9 Å². The van der Waals surface area contributed by atoms with Crippen molar-refractivity contribution < 1.29 is 4.92 Å². The lowest BCUT2D eigenvalue weighted by atomic mass is 10.3. The fraction of sp³-hybridized carbons (Fsp3) is 0.250. The van der Waals surface area contributed by atoms with E-state index in [9.17, 15) is 10.1 Å². The number of non-ortho nitro benzene ring substituents is 1. The molecule has 0 saturated carbocycles. The predicted octanol–water partition coefficient (Wildman–Crippen LogP) is 1.91. The molecule has 13 heavy (non-hydrogen) atoms. The summed E-state index contributed by atoms with van der Waals surface area (Å²) >= 11 is 0. The number of nitrogen functional groups attached to an aromatic ring is 1. The van der Waals surface area contributed by atoms with Crippen molar-refractivity contribution in [1.82, 2.24) is 0 Å². The van der Waals surface area contributed by atoms with Gasteiger partial charge < -0.3 is 5.43 Å². The Bertz CT molecular complexity index is 276. The number of benzene rings is 1. The highest BCUT2D eigenvalue weighted by Crippen LogP contribution is 2.15. The van der Waals surface area contributed by atoms with Crippen molar-refractivity contribution in [2.75, 3.05) is 5.43 Å². The summed E-state index contributed by atoms with van der Waals surface area (Å²) in [6.07, 6.45) is 0. The fourth-order valence-electron chi connectivity index (χ4n) is 0.709. The molecule has 0 atom stereocenters. The minimum absolute atomic E-state index is 0.0282. The van der Waals surface area contributed by atoms with Gasteiger partial charge >= 0.3 is 0 Å². The molecule has 0 heterocycles. The summed E-state index contributed by atoms with van der Waals surface area (Å²) in [6.45, 7) is 4.00. The Morgan fingerprint density at radius 1 is 1.46 bits per heavy atom. The van der Waals surface area contributed by atoms with Gasteiger partial charge in [0.2, 0.25) is 0 Å².